The predicted octanol–water partition coefficient (Wildman–Crippen LogP) is 2.32. The van der Waals surface area contributed by atoms with Crippen LogP contribution in [0.3, 0.4) is 0 Å². The van der Waals surface area contributed by atoms with Crippen molar-refractivity contribution in [3.05, 3.63) is 17.0 Å². The van der Waals surface area contributed by atoms with Gasteiger partial charge in [-0.05, 0) is 51.8 Å². The Bertz CT molecular complexity index is 372. The van der Waals surface area contributed by atoms with Crippen LogP contribution in [0.5, 0.6) is 0 Å². The van der Waals surface area contributed by atoms with Crippen LogP contribution in [0.4, 0.5) is 0 Å². The minimum Gasteiger partial charge on any atom is -0.380 e. The van der Waals surface area contributed by atoms with Gasteiger partial charge in [-0.15, -0.1) is 0 Å². The number of nitrogens with one attached hydrogen (secondary N) is 1. The van der Waals surface area contributed by atoms with Crippen molar-refractivity contribution in [2.24, 2.45) is 5.92 Å². The zero-order chi connectivity index (χ0) is 14.3. The van der Waals surface area contributed by atoms with Crippen molar-refractivity contribution in [2.45, 2.75) is 47.6 Å². The van der Waals surface area contributed by atoms with E-state index in [9.17, 15) is 0 Å². The summed E-state index contributed by atoms with van der Waals surface area (Å²) in [6, 6.07) is 0. The first-order chi connectivity index (χ1) is 9.06. The van der Waals surface area contributed by atoms with Crippen LogP contribution in [0.15, 0.2) is 0 Å². The van der Waals surface area contributed by atoms with E-state index in [2.05, 4.69) is 42.8 Å². The fourth-order valence-electron chi connectivity index (χ4n) is 2.21. The van der Waals surface area contributed by atoms with E-state index in [-0.39, 0.29) is 0 Å². The first-order valence-electron chi connectivity index (χ1n) is 7.37. The number of ether oxygens (including phenoxy) is 1. The molecule has 0 bridgehead atoms. The molecule has 1 heterocycles. The standard InChI is InChI=1S/C15H29N3O/c1-6-19-10-9-18-14(5)15(13(4)17-18)7-8-16-11-12(2)3/h12,16H,6-11H2,1-5H3. The topological polar surface area (TPSA) is 39.1 Å². The van der Waals surface area contributed by atoms with E-state index >= 15 is 0 Å². The highest BCUT2D eigenvalue weighted by Crippen LogP contribution is 2.13. The lowest BCUT2D eigenvalue weighted by Gasteiger charge is -2.08. The highest BCUT2D eigenvalue weighted by molar-refractivity contribution is 5.24. The summed E-state index contributed by atoms with van der Waals surface area (Å²) in [7, 11) is 0. The maximum Gasteiger partial charge on any atom is 0.0662 e. The average Bonchev–Trinajstić information content (AvgIpc) is 2.61. The Morgan fingerprint density at radius 1 is 1.32 bits per heavy atom. The molecule has 19 heavy (non-hydrogen) atoms. The third-order valence-corrected chi connectivity index (χ3v) is 3.29. The Hall–Kier alpha value is -0.870. The van der Waals surface area contributed by atoms with Gasteiger partial charge in [-0.3, -0.25) is 4.68 Å². The van der Waals surface area contributed by atoms with Crippen molar-refractivity contribution in [1.82, 2.24) is 15.1 Å². The molecule has 1 N–H and O–H groups in total. The van der Waals surface area contributed by atoms with Gasteiger partial charge in [0.05, 0.1) is 18.8 Å². The minimum atomic E-state index is 0.705. The van der Waals surface area contributed by atoms with Crippen molar-refractivity contribution < 1.29 is 4.74 Å². The summed E-state index contributed by atoms with van der Waals surface area (Å²) in [4.78, 5) is 0. The van der Waals surface area contributed by atoms with Gasteiger partial charge in [0.25, 0.3) is 0 Å². The van der Waals surface area contributed by atoms with Gasteiger partial charge >= 0.3 is 0 Å². The minimum absolute atomic E-state index is 0.705. The highest BCUT2D eigenvalue weighted by Gasteiger charge is 2.10. The fourth-order valence-corrected chi connectivity index (χ4v) is 2.21. The van der Waals surface area contributed by atoms with E-state index in [1.807, 2.05) is 6.92 Å². The Balaban J connectivity index is 2.49. The number of hydrogen-bond acceptors (Lipinski definition) is 3. The first kappa shape index (κ1) is 16.2. The van der Waals surface area contributed by atoms with Gasteiger partial charge in [0.2, 0.25) is 0 Å². The molecule has 0 aliphatic heterocycles. The molecule has 4 nitrogen and oxygen atoms in total. The van der Waals surface area contributed by atoms with E-state index in [1.165, 1.54) is 11.3 Å². The van der Waals surface area contributed by atoms with Gasteiger partial charge in [-0.2, -0.15) is 5.10 Å². The van der Waals surface area contributed by atoms with Gasteiger partial charge < -0.3 is 10.1 Å². The molecular weight excluding hydrogens is 238 g/mol. The van der Waals surface area contributed by atoms with Gasteiger partial charge in [-0.25, -0.2) is 0 Å². The molecule has 0 aliphatic rings. The monoisotopic (exact) mass is 267 g/mol. The van der Waals surface area contributed by atoms with Gasteiger partial charge in [0, 0.05) is 12.3 Å². The highest BCUT2D eigenvalue weighted by atomic mass is 16.5. The van der Waals surface area contributed by atoms with Crippen LogP contribution in [0.1, 0.15) is 37.7 Å². The summed E-state index contributed by atoms with van der Waals surface area (Å²) in [6.45, 7) is 15.2. The van der Waals surface area contributed by atoms with Gasteiger partial charge in [0.15, 0.2) is 0 Å². The van der Waals surface area contributed by atoms with E-state index in [0.717, 1.165) is 45.0 Å². The SMILES string of the molecule is CCOCCn1nc(C)c(CCNCC(C)C)c1C. The largest absolute Gasteiger partial charge is 0.380 e. The number of aryl methyl sites for hydroxylation is 1. The lowest BCUT2D eigenvalue weighted by atomic mass is 10.1. The Morgan fingerprint density at radius 2 is 2.05 bits per heavy atom. The van der Waals surface area contributed by atoms with Crippen molar-refractivity contribution in [2.75, 3.05) is 26.3 Å². The fraction of sp³-hybridized carbons (Fsp3) is 0.800. The summed E-state index contributed by atoms with van der Waals surface area (Å²) in [5, 5.41) is 8.09. The molecule has 110 valence electrons. The first-order valence-corrected chi connectivity index (χ1v) is 7.37. The molecule has 0 saturated heterocycles. The van der Waals surface area contributed by atoms with E-state index in [1.54, 1.807) is 0 Å². The van der Waals surface area contributed by atoms with E-state index in [4.69, 9.17) is 4.74 Å². The van der Waals surface area contributed by atoms with Crippen LogP contribution in [0.25, 0.3) is 0 Å². The summed E-state index contributed by atoms with van der Waals surface area (Å²) in [6.07, 6.45) is 1.05. The molecule has 1 aromatic heterocycles. The molecule has 0 spiro atoms. The molecule has 0 amide bonds. The maximum atomic E-state index is 5.39. The molecule has 0 aliphatic carbocycles. The third-order valence-electron chi connectivity index (χ3n) is 3.29. The third kappa shape index (κ3) is 5.33. The molecule has 0 atom stereocenters. The van der Waals surface area contributed by atoms with Crippen LogP contribution in [0, 0.1) is 19.8 Å². The Labute approximate surface area is 117 Å². The zero-order valence-electron chi connectivity index (χ0n) is 13.1. The van der Waals surface area contributed by atoms with Crippen LogP contribution in [0.2, 0.25) is 0 Å². The number of aromatic nitrogens is 2. The van der Waals surface area contributed by atoms with Crippen molar-refractivity contribution in [3.63, 3.8) is 0 Å². The van der Waals surface area contributed by atoms with Gasteiger partial charge in [-0.1, -0.05) is 13.8 Å². The Kier molecular flexibility index (Phi) is 7.10. The number of rotatable bonds is 9. The average molecular weight is 267 g/mol. The van der Waals surface area contributed by atoms with Crippen LogP contribution < -0.4 is 5.32 Å². The van der Waals surface area contributed by atoms with Crippen LogP contribution in [-0.4, -0.2) is 36.1 Å². The van der Waals surface area contributed by atoms with Gasteiger partial charge in [0.1, 0.15) is 0 Å². The zero-order valence-corrected chi connectivity index (χ0v) is 13.1. The van der Waals surface area contributed by atoms with E-state index in [0.29, 0.717) is 5.92 Å². The second-order valence-electron chi connectivity index (χ2n) is 5.42. The van der Waals surface area contributed by atoms with Crippen LogP contribution in [-0.2, 0) is 17.7 Å². The smallest absolute Gasteiger partial charge is 0.0662 e. The molecule has 0 aromatic carbocycles. The molecule has 0 radical (unpaired) electrons. The summed E-state index contributed by atoms with van der Waals surface area (Å²) >= 11 is 0. The Morgan fingerprint density at radius 3 is 2.68 bits per heavy atom. The lowest BCUT2D eigenvalue weighted by molar-refractivity contribution is 0.135. The summed E-state index contributed by atoms with van der Waals surface area (Å²) < 4.78 is 7.47. The van der Waals surface area contributed by atoms with Crippen molar-refractivity contribution in [1.29, 1.82) is 0 Å². The molecular formula is C15H29N3O. The second-order valence-corrected chi connectivity index (χ2v) is 5.42. The van der Waals surface area contributed by atoms with Crippen LogP contribution >= 0.6 is 0 Å². The van der Waals surface area contributed by atoms with Crippen molar-refractivity contribution in [3.8, 4) is 0 Å². The molecule has 1 aromatic rings. The molecule has 0 saturated carbocycles. The summed E-state index contributed by atoms with van der Waals surface area (Å²) in [5.41, 5.74) is 3.82. The second kappa shape index (κ2) is 8.33. The number of hydrogen-bond donors (Lipinski definition) is 1. The van der Waals surface area contributed by atoms with E-state index < -0.39 is 0 Å². The predicted molar refractivity (Wildman–Crippen MR) is 79.6 cm³/mol. The molecule has 0 unspecified atom stereocenters. The van der Waals surface area contributed by atoms with Crippen molar-refractivity contribution >= 4 is 0 Å². The number of nitrogens with zero attached hydrogens (tertiary/aromatic N) is 2. The molecule has 0 fully saturated rings. The lowest BCUT2D eigenvalue weighted by Crippen LogP contribution is -2.22. The molecule has 1 rings (SSSR count). The molecule has 4 heteroatoms. The quantitative estimate of drug-likeness (QED) is 0.698. The normalized spacial score (nSPS) is 11.5. The maximum absolute atomic E-state index is 5.39. The summed E-state index contributed by atoms with van der Waals surface area (Å²) in [5.74, 6) is 0.705.